The van der Waals surface area contributed by atoms with Crippen LogP contribution in [0, 0.1) is 0 Å². The highest BCUT2D eigenvalue weighted by Gasteiger charge is 1.96. The number of methoxy groups -OCH3 is 1. The van der Waals surface area contributed by atoms with Crippen LogP contribution >= 0.6 is 0 Å². The van der Waals surface area contributed by atoms with Crippen molar-refractivity contribution in [1.29, 1.82) is 0 Å². The molecule has 2 heteroatoms. The van der Waals surface area contributed by atoms with E-state index in [0.29, 0.717) is 6.61 Å². The molecule has 0 radical (unpaired) electrons. The molecule has 0 bridgehead atoms. The fourth-order valence-corrected chi connectivity index (χ4v) is 2.27. The molecule has 0 amide bonds. The molecule has 0 aliphatic heterocycles. The van der Waals surface area contributed by atoms with Gasteiger partial charge in [-0.25, -0.2) is 0 Å². The summed E-state index contributed by atoms with van der Waals surface area (Å²) in [4.78, 5) is 0. The van der Waals surface area contributed by atoms with E-state index in [-0.39, 0.29) is 0 Å². The molecule has 20 heavy (non-hydrogen) atoms. The lowest BCUT2D eigenvalue weighted by Crippen LogP contribution is -1.97. The summed E-state index contributed by atoms with van der Waals surface area (Å²) >= 11 is 0. The van der Waals surface area contributed by atoms with Crippen LogP contribution in [0.3, 0.4) is 0 Å². The van der Waals surface area contributed by atoms with Crippen LogP contribution in [-0.4, -0.2) is 13.7 Å². The highest BCUT2D eigenvalue weighted by molar-refractivity contribution is 5.26. The van der Waals surface area contributed by atoms with Crippen LogP contribution in [0.2, 0.25) is 0 Å². The molecule has 0 spiro atoms. The number of unbranched alkanes of at least 4 members (excludes halogenated alkanes) is 7. The molecule has 2 nitrogen and oxygen atoms in total. The number of benzene rings is 1. The molecule has 0 saturated heterocycles. The van der Waals surface area contributed by atoms with Crippen molar-refractivity contribution < 1.29 is 9.47 Å². The van der Waals surface area contributed by atoms with Crippen molar-refractivity contribution in [3.63, 3.8) is 0 Å². The van der Waals surface area contributed by atoms with Gasteiger partial charge in [0.1, 0.15) is 5.75 Å². The van der Waals surface area contributed by atoms with Crippen molar-refractivity contribution >= 4 is 0 Å². The SMILES string of the molecule is CCCCCCCCCCOc1ccc(COC)cc1. The monoisotopic (exact) mass is 278 g/mol. The van der Waals surface area contributed by atoms with E-state index in [4.69, 9.17) is 9.47 Å². The molecule has 0 atom stereocenters. The molecule has 114 valence electrons. The predicted molar refractivity (Wildman–Crippen MR) is 85.3 cm³/mol. The van der Waals surface area contributed by atoms with Gasteiger partial charge in [0.05, 0.1) is 13.2 Å². The molecule has 0 N–H and O–H groups in total. The summed E-state index contributed by atoms with van der Waals surface area (Å²) in [6.07, 6.45) is 10.7. The lowest BCUT2D eigenvalue weighted by atomic mass is 10.1. The Balaban J connectivity index is 1.98. The maximum absolute atomic E-state index is 5.74. The Labute approximate surface area is 124 Å². The Morgan fingerprint density at radius 3 is 2.00 bits per heavy atom. The summed E-state index contributed by atoms with van der Waals surface area (Å²) in [6, 6.07) is 8.18. The van der Waals surface area contributed by atoms with Gasteiger partial charge in [0.25, 0.3) is 0 Å². The van der Waals surface area contributed by atoms with Gasteiger partial charge in [0.2, 0.25) is 0 Å². The van der Waals surface area contributed by atoms with E-state index in [0.717, 1.165) is 18.8 Å². The predicted octanol–water partition coefficient (Wildman–Crippen LogP) is 5.35. The molecule has 0 aliphatic rings. The first-order valence-electron chi connectivity index (χ1n) is 8.07. The highest BCUT2D eigenvalue weighted by Crippen LogP contribution is 2.14. The molecule has 0 aromatic heterocycles. The summed E-state index contributed by atoms with van der Waals surface area (Å²) in [5, 5.41) is 0. The first-order valence-corrected chi connectivity index (χ1v) is 8.07. The van der Waals surface area contributed by atoms with Crippen LogP contribution in [0.15, 0.2) is 24.3 Å². The van der Waals surface area contributed by atoms with Gasteiger partial charge in [-0.05, 0) is 24.1 Å². The Bertz CT molecular complexity index is 319. The highest BCUT2D eigenvalue weighted by atomic mass is 16.5. The van der Waals surface area contributed by atoms with Crippen LogP contribution in [0.4, 0.5) is 0 Å². The normalized spacial score (nSPS) is 10.7. The molecule has 1 rings (SSSR count). The Morgan fingerprint density at radius 2 is 1.40 bits per heavy atom. The average molecular weight is 278 g/mol. The Hall–Kier alpha value is -1.02. The second-order valence-corrected chi connectivity index (χ2v) is 5.40. The van der Waals surface area contributed by atoms with Crippen molar-refractivity contribution in [2.75, 3.05) is 13.7 Å². The maximum Gasteiger partial charge on any atom is 0.119 e. The summed E-state index contributed by atoms with van der Waals surface area (Å²) in [5.74, 6) is 0.966. The molecule has 0 unspecified atom stereocenters. The zero-order valence-electron chi connectivity index (χ0n) is 13.2. The second kappa shape index (κ2) is 11.8. The number of rotatable bonds is 12. The molecule has 0 heterocycles. The van der Waals surface area contributed by atoms with Crippen LogP contribution in [0.5, 0.6) is 5.75 Å². The quantitative estimate of drug-likeness (QED) is 0.480. The lowest BCUT2D eigenvalue weighted by Gasteiger charge is -2.07. The van der Waals surface area contributed by atoms with Gasteiger partial charge in [-0.1, -0.05) is 64.0 Å². The van der Waals surface area contributed by atoms with E-state index < -0.39 is 0 Å². The fourth-order valence-electron chi connectivity index (χ4n) is 2.27. The molecule has 1 aromatic rings. The van der Waals surface area contributed by atoms with Gasteiger partial charge in [0, 0.05) is 7.11 Å². The largest absolute Gasteiger partial charge is 0.494 e. The minimum absolute atomic E-state index is 0.665. The van der Waals surface area contributed by atoms with Gasteiger partial charge >= 0.3 is 0 Å². The average Bonchev–Trinajstić information content (AvgIpc) is 2.47. The molecular weight excluding hydrogens is 248 g/mol. The molecule has 1 aromatic carbocycles. The topological polar surface area (TPSA) is 18.5 Å². The van der Waals surface area contributed by atoms with E-state index in [1.165, 1.54) is 50.5 Å². The van der Waals surface area contributed by atoms with Gasteiger partial charge in [-0.2, -0.15) is 0 Å². The number of ether oxygens (including phenoxy) is 2. The second-order valence-electron chi connectivity index (χ2n) is 5.40. The Morgan fingerprint density at radius 1 is 0.800 bits per heavy atom. The first kappa shape index (κ1) is 17.0. The first-order chi connectivity index (χ1) is 9.86. The third-order valence-corrected chi connectivity index (χ3v) is 3.50. The zero-order valence-corrected chi connectivity index (χ0v) is 13.2. The molecule has 0 saturated carbocycles. The summed E-state index contributed by atoms with van der Waals surface area (Å²) < 4.78 is 10.8. The number of hydrogen-bond donors (Lipinski definition) is 0. The van der Waals surface area contributed by atoms with Gasteiger partial charge in [-0.3, -0.25) is 0 Å². The van der Waals surface area contributed by atoms with Crippen LogP contribution in [0.1, 0.15) is 63.9 Å². The van der Waals surface area contributed by atoms with Crippen LogP contribution in [0.25, 0.3) is 0 Å². The van der Waals surface area contributed by atoms with E-state index in [2.05, 4.69) is 19.1 Å². The summed E-state index contributed by atoms with van der Waals surface area (Å²) in [7, 11) is 1.71. The Kier molecular flexibility index (Phi) is 10.0. The molecular formula is C18H30O2. The third-order valence-electron chi connectivity index (χ3n) is 3.50. The van der Waals surface area contributed by atoms with Crippen molar-refractivity contribution in [3.05, 3.63) is 29.8 Å². The van der Waals surface area contributed by atoms with Crippen molar-refractivity contribution in [3.8, 4) is 5.75 Å². The van der Waals surface area contributed by atoms with E-state index in [1.807, 2.05) is 12.1 Å². The third kappa shape index (κ3) is 8.21. The van der Waals surface area contributed by atoms with Crippen molar-refractivity contribution in [2.45, 2.75) is 64.9 Å². The van der Waals surface area contributed by atoms with Gasteiger partial charge < -0.3 is 9.47 Å². The zero-order chi connectivity index (χ0) is 14.5. The minimum atomic E-state index is 0.665. The van der Waals surface area contributed by atoms with Crippen LogP contribution in [-0.2, 0) is 11.3 Å². The van der Waals surface area contributed by atoms with E-state index in [9.17, 15) is 0 Å². The van der Waals surface area contributed by atoms with Gasteiger partial charge in [0.15, 0.2) is 0 Å². The lowest BCUT2D eigenvalue weighted by molar-refractivity contribution is 0.185. The number of hydrogen-bond acceptors (Lipinski definition) is 2. The smallest absolute Gasteiger partial charge is 0.119 e. The summed E-state index contributed by atoms with van der Waals surface area (Å²) in [6.45, 7) is 3.76. The summed E-state index contributed by atoms with van der Waals surface area (Å²) in [5.41, 5.74) is 1.19. The maximum atomic E-state index is 5.74. The molecule has 0 fully saturated rings. The van der Waals surface area contributed by atoms with Crippen molar-refractivity contribution in [1.82, 2.24) is 0 Å². The standard InChI is InChI=1S/C18H30O2/c1-3-4-5-6-7-8-9-10-15-20-18-13-11-17(12-14-18)16-19-2/h11-14H,3-10,15-16H2,1-2H3. The van der Waals surface area contributed by atoms with Crippen molar-refractivity contribution in [2.24, 2.45) is 0 Å². The van der Waals surface area contributed by atoms with Gasteiger partial charge in [-0.15, -0.1) is 0 Å². The van der Waals surface area contributed by atoms with E-state index >= 15 is 0 Å². The fraction of sp³-hybridized carbons (Fsp3) is 0.667. The minimum Gasteiger partial charge on any atom is -0.494 e. The van der Waals surface area contributed by atoms with E-state index in [1.54, 1.807) is 7.11 Å². The molecule has 0 aliphatic carbocycles. The van der Waals surface area contributed by atoms with Crippen LogP contribution < -0.4 is 4.74 Å².